The van der Waals surface area contributed by atoms with Crippen LogP contribution < -0.4 is 9.64 Å². The van der Waals surface area contributed by atoms with Gasteiger partial charge in [-0.15, -0.1) is 0 Å². The third kappa shape index (κ3) is 4.54. The molecule has 11 rings (SSSR count). The molecule has 0 unspecified atom stereocenters. The third-order valence-corrected chi connectivity index (χ3v) is 15.8. The zero-order valence-corrected chi connectivity index (χ0v) is 33.0. The van der Waals surface area contributed by atoms with Crippen molar-refractivity contribution in [1.82, 2.24) is 0 Å². The molecule has 6 aliphatic carbocycles. The van der Waals surface area contributed by atoms with Gasteiger partial charge in [0.05, 0.1) is 5.69 Å². The summed E-state index contributed by atoms with van der Waals surface area (Å²) in [6, 6.07) is 31.2. The van der Waals surface area contributed by atoms with Gasteiger partial charge >= 0.3 is 0 Å². The third-order valence-electron chi connectivity index (χ3n) is 15.8. The predicted molar refractivity (Wildman–Crippen MR) is 216 cm³/mol. The van der Waals surface area contributed by atoms with E-state index in [9.17, 15) is 0 Å². The monoisotopic (exact) mass is 689 g/mol. The average molecular weight is 690 g/mol. The van der Waals surface area contributed by atoms with Crippen molar-refractivity contribution in [2.24, 2.45) is 23.7 Å². The summed E-state index contributed by atoms with van der Waals surface area (Å²) in [5.74, 6) is 5.32. The van der Waals surface area contributed by atoms with E-state index in [1.165, 1.54) is 108 Å². The Kier molecular flexibility index (Phi) is 6.87. The molecule has 2 heteroatoms. The van der Waals surface area contributed by atoms with E-state index in [-0.39, 0.29) is 27.1 Å². The molecule has 0 N–H and O–H groups in total. The molecule has 7 aliphatic rings. The maximum Gasteiger partial charge on any atom is 0.155 e. The molecule has 0 amide bonds. The van der Waals surface area contributed by atoms with Crippen molar-refractivity contribution < 1.29 is 4.74 Å². The number of rotatable bonds is 3. The molecule has 4 aromatic carbocycles. The molecule has 0 atom stereocenters. The minimum atomic E-state index is 0.0169. The van der Waals surface area contributed by atoms with E-state index in [4.69, 9.17) is 4.74 Å². The van der Waals surface area contributed by atoms with E-state index in [1.807, 2.05) is 0 Å². The van der Waals surface area contributed by atoms with E-state index in [0.29, 0.717) is 11.8 Å². The van der Waals surface area contributed by atoms with Gasteiger partial charge in [-0.25, -0.2) is 0 Å². The summed E-state index contributed by atoms with van der Waals surface area (Å²) in [4.78, 5) is 2.59. The molecule has 2 nitrogen and oxygen atoms in total. The van der Waals surface area contributed by atoms with Gasteiger partial charge in [-0.1, -0.05) is 97.9 Å². The van der Waals surface area contributed by atoms with Crippen LogP contribution in [0.3, 0.4) is 0 Å². The zero-order chi connectivity index (χ0) is 36.0. The number of hydrogen-bond donors (Lipinski definition) is 0. The SMILES string of the molecule is CC1(C)CCC(C)(C)c2cc(N(c3ccc4c(c3)C(C)(C)CCC4(C)C)c3cccc4c3Oc3ccccc3C43C4CC5CC(C4)CC3C5)ccc21. The Morgan fingerprint density at radius 3 is 1.50 bits per heavy atom. The van der Waals surface area contributed by atoms with Crippen LogP contribution in [-0.2, 0) is 27.1 Å². The fourth-order valence-corrected chi connectivity index (χ4v) is 13.0. The van der Waals surface area contributed by atoms with Crippen LogP contribution in [0.1, 0.15) is 147 Å². The number of hydrogen-bond acceptors (Lipinski definition) is 2. The van der Waals surface area contributed by atoms with E-state index in [1.54, 1.807) is 0 Å². The summed E-state index contributed by atoms with van der Waals surface area (Å²) in [5.41, 5.74) is 13.2. The maximum absolute atomic E-state index is 7.30. The molecule has 4 bridgehead atoms. The molecule has 4 saturated carbocycles. The van der Waals surface area contributed by atoms with Crippen LogP contribution in [0.2, 0.25) is 0 Å². The van der Waals surface area contributed by atoms with Gasteiger partial charge in [-0.05, 0) is 162 Å². The highest BCUT2D eigenvalue weighted by Gasteiger charge is 2.61. The van der Waals surface area contributed by atoms with Crippen LogP contribution in [0.4, 0.5) is 17.1 Å². The first-order valence-electron chi connectivity index (χ1n) is 20.7. The van der Waals surface area contributed by atoms with Crippen LogP contribution in [-0.4, -0.2) is 0 Å². The lowest BCUT2D eigenvalue weighted by Gasteiger charge is -2.63. The van der Waals surface area contributed by atoms with Crippen molar-refractivity contribution in [2.45, 2.75) is 140 Å². The van der Waals surface area contributed by atoms with Crippen molar-refractivity contribution in [2.75, 3.05) is 4.90 Å². The summed E-state index contributed by atoms with van der Waals surface area (Å²) in [6.45, 7) is 19.6. The molecule has 270 valence electrons. The van der Waals surface area contributed by atoms with Crippen LogP contribution in [0, 0.1) is 23.7 Å². The Labute approximate surface area is 313 Å². The normalized spacial score (nSPS) is 30.5. The summed E-state index contributed by atoms with van der Waals surface area (Å²) in [7, 11) is 0. The second-order valence-corrected chi connectivity index (χ2v) is 20.8. The van der Waals surface area contributed by atoms with Crippen LogP contribution >= 0.6 is 0 Å². The Morgan fingerprint density at radius 2 is 0.962 bits per heavy atom. The van der Waals surface area contributed by atoms with Crippen molar-refractivity contribution >= 4 is 17.1 Å². The van der Waals surface area contributed by atoms with Gasteiger partial charge in [0.2, 0.25) is 0 Å². The number of fused-ring (bicyclic) bond motifs is 4. The highest BCUT2D eigenvalue weighted by atomic mass is 16.5. The van der Waals surface area contributed by atoms with Crippen molar-refractivity contribution in [3.8, 4) is 11.5 Å². The molecule has 4 aromatic rings. The van der Waals surface area contributed by atoms with Gasteiger partial charge in [-0.3, -0.25) is 0 Å². The highest BCUT2D eigenvalue weighted by molar-refractivity contribution is 5.84. The van der Waals surface area contributed by atoms with E-state index < -0.39 is 0 Å². The molecule has 1 aliphatic heterocycles. The summed E-state index contributed by atoms with van der Waals surface area (Å²) < 4.78 is 7.30. The molecule has 4 fully saturated rings. The number of nitrogens with zero attached hydrogens (tertiary/aromatic N) is 1. The first-order valence-corrected chi connectivity index (χ1v) is 20.7. The fourth-order valence-electron chi connectivity index (χ4n) is 13.0. The standard InChI is InChI=1S/C50H59NO/c1-46(2)20-22-48(5,6)41-29-35(16-18-37(41)46)51(36-17-19-38-42(30-36)49(7,8)23-21-47(38,3)4)43-14-11-13-40-45(43)52-44-15-10-9-12-39(44)50(40)33-25-31-24-32(27-33)28-34(50)26-31/h9-19,29-34H,20-28H2,1-8H3. The minimum Gasteiger partial charge on any atom is -0.455 e. The topological polar surface area (TPSA) is 12.5 Å². The molecule has 52 heavy (non-hydrogen) atoms. The average Bonchev–Trinajstić information content (AvgIpc) is 3.11. The van der Waals surface area contributed by atoms with Crippen molar-refractivity contribution in [1.29, 1.82) is 0 Å². The molecule has 1 spiro atoms. The van der Waals surface area contributed by atoms with Crippen LogP contribution in [0.25, 0.3) is 0 Å². The zero-order valence-electron chi connectivity index (χ0n) is 33.0. The second-order valence-electron chi connectivity index (χ2n) is 20.8. The summed E-state index contributed by atoms with van der Waals surface area (Å²) in [6.07, 6.45) is 11.7. The number of benzene rings is 4. The smallest absolute Gasteiger partial charge is 0.155 e. The molecule has 0 radical (unpaired) electrons. The second kappa shape index (κ2) is 10.8. The molecular weight excluding hydrogens is 631 g/mol. The van der Waals surface area contributed by atoms with Gasteiger partial charge in [-0.2, -0.15) is 0 Å². The molecule has 1 heterocycles. The van der Waals surface area contributed by atoms with Crippen molar-refractivity contribution in [3.63, 3.8) is 0 Å². The first-order chi connectivity index (χ1) is 24.7. The number of ether oxygens (including phenoxy) is 1. The van der Waals surface area contributed by atoms with E-state index >= 15 is 0 Å². The highest BCUT2D eigenvalue weighted by Crippen LogP contribution is 2.70. The van der Waals surface area contributed by atoms with Gasteiger partial charge in [0.1, 0.15) is 5.75 Å². The van der Waals surface area contributed by atoms with Crippen LogP contribution in [0.15, 0.2) is 78.9 Å². The predicted octanol–water partition coefficient (Wildman–Crippen LogP) is 13.7. The molecular formula is C50H59NO. The summed E-state index contributed by atoms with van der Waals surface area (Å²) in [5, 5.41) is 0. The lowest BCUT2D eigenvalue weighted by atomic mass is 9.42. The van der Waals surface area contributed by atoms with E-state index in [2.05, 4.69) is 139 Å². The number of para-hydroxylation sites is 2. The lowest BCUT2D eigenvalue weighted by molar-refractivity contribution is -0.0451. The lowest BCUT2D eigenvalue weighted by Crippen LogP contribution is -2.57. The largest absolute Gasteiger partial charge is 0.455 e. The van der Waals surface area contributed by atoms with Gasteiger partial charge < -0.3 is 9.64 Å². The van der Waals surface area contributed by atoms with Gasteiger partial charge in [0.25, 0.3) is 0 Å². The molecule has 0 saturated heterocycles. The molecule has 0 aromatic heterocycles. The fraction of sp³-hybridized carbons (Fsp3) is 0.520. The Bertz CT molecular complexity index is 2000. The Balaban J connectivity index is 1.23. The van der Waals surface area contributed by atoms with Gasteiger partial charge in [0, 0.05) is 27.9 Å². The van der Waals surface area contributed by atoms with Crippen molar-refractivity contribution in [3.05, 3.63) is 112 Å². The van der Waals surface area contributed by atoms with E-state index in [0.717, 1.165) is 23.3 Å². The van der Waals surface area contributed by atoms with Gasteiger partial charge in [0.15, 0.2) is 5.75 Å². The first kappa shape index (κ1) is 33.1. The Hall–Kier alpha value is -3.52. The summed E-state index contributed by atoms with van der Waals surface area (Å²) >= 11 is 0. The quantitative estimate of drug-likeness (QED) is 0.212. The number of anilines is 3. The van der Waals surface area contributed by atoms with Crippen LogP contribution in [0.5, 0.6) is 11.5 Å². The Morgan fingerprint density at radius 1 is 0.481 bits per heavy atom. The minimum absolute atomic E-state index is 0.0169. The maximum atomic E-state index is 7.30.